The van der Waals surface area contributed by atoms with Crippen molar-refractivity contribution in [2.75, 3.05) is 12.3 Å². The Bertz CT molecular complexity index is 15.0. The Balaban J connectivity index is 0. The average Bonchev–Trinajstić information content (AvgIpc) is 1.41. The molecule has 0 heterocycles. The Labute approximate surface area is 41.9 Å². The normalized spacial score (nSPS) is 7.67. The average molecular weight is 109 g/mol. The van der Waals surface area contributed by atoms with Gasteiger partial charge in [0.15, 0.2) is 0 Å². The van der Waals surface area contributed by atoms with E-state index in [1.54, 1.807) is 0 Å². The molecule has 0 aromatic heterocycles. The first kappa shape index (κ1) is 9.63. The molecule has 0 saturated carbocycles. The van der Waals surface area contributed by atoms with Crippen molar-refractivity contribution in [2.45, 2.75) is 13.8 Å². The van der Waals surface area contributed by atoms with E-state index in [0.717, 1.165) is 0 Å². The van der Waals surface area contributed by atoms with Gasteiger partial charge in [0.2, 0.25) is 0 Å². The Morgan fingerprint density at radius 1 is 1.17 bits per heavy atom. The molecule has 0 bridgehead atoms. The van der Waals surface area contributed by atoms with E-state index in [1.807, 2.05) is 0 Å². The fourth-order valence-electron chi connectivity index (χ4n) is 0.354. The van der Waals surface area contributed by atoms with Crippen molar-refractivity contribution in [3.05, 3.63) is 0 Å². The van der Waals surface area contributed by atoms with Gasteiger partial charge in [-0.1, -0.05) is 0 Å². The Hall–Kier alpha value is 0.390. The van der Waals surface area contributed by atoms with Crippen LogP contribution in [0.4, 0.5) is 0 Å². The summed E-state index contributed by atoms with van der Waals surface area (Å²) in [4.78, 5) is 0. The second-order valence-electron chi connectivity index (χ2n) is 1.35. The first-order valence-corrected chi connectivity index (χ1v) is 4.41. The molecule has 0 fully saturated rings. The first-order valence-electron chi connectivity index (χ1n) is 2.41. The second-order valence-corrected chi connectivity index (χ2v) is 4.06. The molecule has 0 rings (SSSR count). The first-order chi connectivity index (χ1) is 2.41. The fourth-order valence-corrected chi connectivity index (χ4v) is 1.06. The van der Waals surface area contributed by atoms with Crippen LogP contribution in [0.1, 0.15) is 13.8 Å². The van der Waals surface area contributed by atoms with Gasteiger partial charge in [0.25, 0.3) is 0 Å². The van der Waals surface area contributed by atoms with E-state index in [2.05, 4.69) is 13.8 Å². The van der Waals surface area contributed by atoms with E-state index in [0.29, 0.717) is 8.58 Å². The molecule has 0 spiro atoms. The molecule has 2 heteroatoms. The van der Waals surface area contributed by atoms with Crippen LogP contribution in [0.2, 0.25) is 0 Å². The summed E-state index contributed by atoms with van der Waals surface area (Å²) >= 11 is 0. The summed E-state index contributed by atoms with van der Waals surface area (Å²) in [7, 11) is 0.432. The van der Waals surface area contributed by atoms with Crippen LogP contribution in [-0.4, -0.2) is 12.3 Å². The minimum atomic E-state index is 0. The van der Waals surface area contributed by atoms with Crippen molar-refractivity contribution in [2.24, 2.45) is 0 Å². The molecule has 0 aliphatic rings. The second kappa shape index (κ2) is 9.04. The van der Waals surface area contributed by atoms with Gasteiger partial charge in [-0.05, 0) is 0 Å². The molecule has 6 heavy (non-hydrogen) atoms. The van der Waals surface area contributed by atoms with Crippen LogP contribution >= 0.6 is 8.58 Å². The minimum Gasteiger partial charge on any atom is -0.344 e. The fraction of sp³-hybridized carbons (Fsp3) is 1.00. The summed E-state index contributed by atoms with van der Waals surface area (Å²) in [5, 5.41) is 0. The van der Waals surface area contributed by atoms with Crippen molar-refractivity contribution >= 4 is 8.58 Å². The van der Waals surface area contributed by atoms with E-state index < -0.39 is 0 Å². The van der Waals surface area contributed by atoms with Gasteiger partial charge >= 0.3 is 34.8 Å². The molecule has 0 aromatic carbocycles. The van der Waals surface area contributed by atoms with Gasteiger partial charge in [-0.2, -0.15) is 0 Å². The van der Waals surface area contributed by atoms with Crippen molar-refractivity contribution < 1.29 is 0 Å². The molecule has 0 unspecified atom stereocenters. The van der Waals surface area contributed by atoms with Crippen LogP contribution in [0.15, 0.2) is 0 Å². The van der Waals surface area contributed by atoms with Crippen LogP contribution in [-0.2, 0) is 0 Å². The number of hydrogen-bond acceptors (Lipinski definition) is 1. The summed E-state index contributed by atoms with van der Waals surface area (Å²) in [6.45, 7) is 4.55. The molecule has 0 amide bonds. The van der Waals surface area contributed by atoms with Crippen LogP contribution in [0, 0.1) is 0 Å². The summed E-state index contributed by atoms with van der Waals surface area (Å²) in [5.74, 6) is 0. The van der Waals surface area contributed by atoms with Crippen LogP contribution in [0.5, 0.6) is 0 Å². The van der Waals surface area contributed by atoms with Gasteiger partial charge in [-0.15, -0.1) is 0 Å². The van der Waals surface area contributed by atoms with Gasteiger partial charge < -0.3 is 6.15 Å². The van der Waals surface area contributed by atoms with E-state index in [4.69, 9.17) is 0 Å². The molecular weight excluding hydrogens is 93.0 g/mol. The molecule has 0 aromatic rings. The molecule has 0 radical (unpaired) electrons. The van der Waals surface area contributed by atoms with Crippen molar-refractivity contribution in [1.29, 1.82) is 0 Å². The largest absolute Gasteiger partial charge is 0.344 e. The van der Waals surface area contributed by atoms with Gasteiger partial charge in [-0.3, -0.25) is 0 Å². The molecule has 3 N–H and O–H groups in total. The SMILES string of the molecule is CC[PH3]CC.N. The summed E-state index contributed by atoms with van der Waals surface area (Å²) in [6, 6.07) is 0. The molecule has 0 saturated heterocycles. The maximum absolute atomic E-state index is 2.27. The molecule has 0 atom stereocenters. The molecule has 0 aliphatic heterocycles. The van der Waals surface area contributed by atoms with Crippen molar-refractivity contribution in [1.82, 2.24) is 6.15 Å². The zero-order valence-corrected chi connectivity index (χ0v) is 6.24. The summed E-state index contributed by atoms with van der Waals surface area (Å²) in [6.07, 6.45) is 2.97. The van der Waals surface area contributed by atoms with E-state index >= 15 is 0 Å². The predicted octanol–water partition coefficient (Wildman–Crippen LogP) is 1.33. The third kappa shape index (κ3) is 8.83. The predicted molar refractivity (Wildman–Crippen MR) is 37.2 cm³/mol. The summed E-state index contributed by atoms with van der Waals surface area (Å²) in [5.41, 5.74) is 0. The minimum absolute atomic E-state index is 0. The third-order valence-corrected chi connectivity index (χ3v) is 2.12. The van der Waals surface area contributed by atoms with E-state index in [-0.39, 0.29) is 6.15 Å². The van der Waals surface area contributed by atoms with Gasteiger partial charge in [0.05, 0.1) is 0 Å². The summed E-state index contributed by atoms with van der Waals surface area (Å²) < 4.78 is 0. The van der Waals surface area contributed by atoms with E-state index in [9.17, 15) is 0 Å². The Kier molecular flexibility index (Phi) is 14.5. The molecule has 42 valence electrons. The standard InChI is InChI=1S/C4H13P.H3N/c1-3-5-4-2;/h3-4H2,1-2,5H3;1H3. The third-order valence-electron chi connectivity index (χ3n) is 0.707. The van der Waals surface area contributed by atoms with Gasteiger partial charge in [0.1, 0.15) is 0 Å². The van der Waals surface area contributed by atoms with E-state index in [1.165, 1.54) is 12.3 Å². The van der Waals surface area contributed by atoms with Gasteiger partial charge in [0, 0.05) is 0 Å². The monoisotopic (exact) mass is 109 g/mol. The molecule has 0 aliphatic carbocycles. The van der Waals surface area contributed by atoms with Crippen LogP contribution in [0.25, 0.3) is 0 Å². The van der Waals surface area contributed by atoms with Crippen LogP contribution in [0.3, 0.4) is 0 Å². The maximum atomic E-state index is 2.27. The number of hydrogen-bond donors (Lipinski definition) is 1. The number of rotatable bonds is 2. The Morgan fingerprint density at radius 2 is 1.50 bits per heavy atom. The van der Waals surface area contributed by atoms with Gasteiger partial charge in [-0.25, -0.2) is 0 Å². The zero-order chi connectivity index (χ0) is 4.12. The quantitative estimate of drug-likeness (QED) is 0.533. The van der Waals surface area contributed by atoms with Crippen molar-refractivity contribution in [3.8, 4) is 0 Å². The molecular formula is C4H16NP. The zero-order valence-electron chi connectivity index (χ0n) is 4.83. The topological polar surface area (TPSA) is 35.0 Å². The smallest absolute Gasteiger partial charge is 0.344 e. The van der Waals surface area contributed by atoms with Crippen molar-refractivity contribution in [3.63, 3.8) is 0 Å². The molecule has 1 nitrogen and oxygen atoms in total. The maximum Gasteiger partial charge on any atom is -0.344 e. The van der Waals surface area contributed by atoms with Crippen LogP contribution < -0.4 is 6.15 Å². The Morgan fingerprint density at radius 3 is 1.50 bits per heavy atom.